The number of hydrogen-bond acceptors (Lipinski definition) is 5. The van der Waals surface area contributed by atoms with Crippen molar-refractivity contribution in [2.45, 2.75) is 44.8 Å². The maximum absolute atomic E-state index is 12.2. The summed E-state index contributed by atoms with van der Waals surface area (Å²) in [6, 6.07) is -0.416. The Kier molecular flexibility index (Phi) is 4.15. The maximum Gasteiger partial charge on any atom is 0.246 e. The molecule has 0 saturated carbocycles. The van der Waals surface area contributed by atoms with Gasteiger partial charge in [0.15, 0.2) is 0 Å². The smallest absolute Gasteiger partial charge is 0.246 e. The highest BCUT2D eigenvalue weighted by molar-refractivity contribution is 6.03. The molecule has 2 amide bonds. The second-order valence-corrected chi connectivity index (χ2v) is 6.03. The second-order valence-electron chi connectivity index (χ2n) is 6.03. The third-order valence-corrected chi connectivity index (χ3v) is 4.12. The predicted molar refractivity (Wildman–Crippen MR) is 78.2 cm³/mol. The van der Waals surface area contributed by atoms with Gasteiger partial charge in [-0.15, -0.1) is 0 Å². The van der Waals surface area contributed by atoms with E-state index in [2.05, 4.69) is 10.4 Å². The molecule has 2 heterocycles. The molecule has 0 bridgehead atoms. The molecule has 2 rings (SSSR count). The highest BCUT2D eigenvalue weighted by atomic mass is 16.2. The zero-order valence-corrected chi connectivity index (χ0v) is 13.0. The number of aryl methyl sites for hydroxylation is 1. The minimum atomic E-state index is -0.804. The van der Waals surface area contributed by atoms with Crippen LogP contribution in [0.4, 0.5) is 0 Å². The largest absolute Gasteiger partial charge is 0.326 e. The molecule has 7 heteroatoms. The first-order chi connectivity index (χ1) is 9.77. The van der Waals surface area contributed by atoms with Gasteiger partial charge >= 0.3 is 0 Å². The lowest BCUT2D eigenvalue weighted by Gasteiger charge is -2.46. The molecular formula is C14H23N5O2. The molecule has 0 spiro atoms. The van der Waals surface area contributed by atoms with Crippen LogP contribution in [-0.4, -0.2) is 44.6 Å². The lowest BCUT2D eigenvalue weighted by atomic mass is 9.90. The van der Waals surface area contributed by atoms with Gasteiger partial charge in [-0.1, -0.05) is 6.92 Å². The number of aromatic nitrogens is 2. The zero-order chi connectivity index (χ0) is 15.8. The molecule has 21 heavy (non-hydrogen) atoms. The summed E-state index contributed by atoms with van der Waals surface area (Å²) < 4.78 is 1.70. The zero-order valence-electron chi connectivity index (χ0n) is 13.0. The van der Waals surface area contributed by atoms with E-state index in [1.165, 1.54) is 0 Å². The van der Waals surface area contributed by atoms with Crippen molar-refractivity contribution in [2.75, 3.05) is 6.54 Å². The summed E-state index contributed by atoms with van der Waals surface area (Å²) >= 11 is 0. The Morgan fingerprint density at radius 3 is 2.67 bits per heavy atom. The van der Waals surface area contributed by atoms with Crippen LogP contribution in [0.15, 0.2) is 12.4 Å². The van der Waals surface area contributed by atoms with Crippen molar-refractivity contribution in [3.05, 3.63) is 18.0 Å². The van der Waals surface area contributed by atoms with Gasteiger partial charge in [0, 0.05) is 24.8 Å². The number of carbonyl (C=O) groups excluding carboxylic acids is 2. The number of amides is 2. The quantitative estimate of drug-likeness (QED) is 0.758. The summed E-state index contributed by atoms with van der Waals surface area (Å²) in [6.45, 7) is 5.75. The van der Waals surface area contributed by atoms with Gasteiger partial charge in [-0.05, 0) is 20.3 Å². The fourth-order valence-corrected chi connectivity index (χ4v) is 2.72. The molecule has 1 aliphatic rings. The van der Waals surface area contributed by atoms with E-state index in [1.54, 1.807) is 24.7 Å². The third kappa shape index (κ3) is 2.84. The molecule has 116 valence electrons. The van der Waals surface area contributed by atoms with Gasteiger partial charge in [0.05, 0.1) is 24.3 Å². The van der Waals surface area contributed by atoms with Crippen LogP contribution in [0, 0.1) is 0 Å². The van der Waals surface area contributed by atoms with E-state index in [0.29, 0.717) is 0 Å². The van der Waals surface area contributed by atoms with Crippen molar-refractivity contribution in [3.8, 4) is 0 Å². The van der Waals surface area contributed by atoms with E-state index in [9.17, 15) is 9.59 Å². The summed E-state index contributed by atoms with van der Waals surface area (Å²) in [4.78, 5) is 25.8. The number of piperazine rings is 1. The summed E-state index contributed by atoms with van der Waals surface area (Å²) in [7, 11) is 1.83. The van der Waals surface area contributed by atoms with E-state index < -0.39 is 5.54 Å². The van der Waals surface area contributed by atoms with Crippen LogP contribution >= 0.6 is 0 Å². The molecule has 1 aliphatic heterocycles. The molecule has 2 atom stereocenters. The SMILES string of the molecule is CCC(N)C(c1cnn(C)c1)N1CC(=O)NC(=O)C1(C)C. The minimum Gasteiger partial charge on any atom is -0.326 e. The van der Waals surface area contributed by atoms with Gasteiger partial charge in [0.2, 0.25) is 11.8 Å². The van der Waals surface area contributed by atoms with Crippen LogP contribution in [0.1, 0.15) is 38.8 Å². The van der Waals surface area contributed by atoms with Crippen molar-refractivity contribution >= 4 is 11.8 Å². The van der Waals surface area contributed by atoms with Gasteiger partial charge in [-0.25, -0.2) is 0 Å². The maximum atomic E-state index is 12.2. The van der Waals surface area contributed by atoms with Crippen LogP contribution in [0.5, 0.6) is 0 Å². The average Bonchev–Trinajstić information content (AvgIpc) is 2.82. The Morgan fingerprint density at radius 2 is 2.14 bits per heavy atom. The Morgan fingerprint density at radius 1 is 1.48 bits per heavy atom. The van der Waals surface area contributed by atoms with E-state index in [-0.39, 0.29) is 30.4 Å². The number of rotatable bonds is 4. The third-order valence-electron chi connectivity index (χ3n) is 4.12. The topological polar surface area (TPSA) is 93.2 Å². The number of nitrogens with zero attached hydrogens (tertiary/aromatic N) is 3. The molecule has 1 fully saturated rings. The number of nitrogens with one attached hydrogen (secondary N) is 1. The molecular weight excluding hydrogens is 270 g/mol. The van der Waals surface area contributed by atoms with Crippen molar-refractivity contribution in [1.82, 2.24) is 20.0 Å². The van der Waals surface area contributed by atoms with Gasteiger partial charge in [-0.3, -0.25) is 24.5 Å². The second kappa shape index (κ2) is 5.57. The van der Waals surface area contributed by atoms with Crippen LogP contribution in [-0.2, 0) is 16.6 Å². The van der Waals surface area contributed by atoms with Gasteiger partial charge in [-0.2, -0.15) is 5.10 Å². The summed E-state index contributed by atoms with van der Waals surface area (Å²) in [6.07, 6.45) is 4.36. The van der Waals surface area contributed by atoms with Crippen molar-refractivity contribution < 1.29 is 9.59 Å². The van der Waals surface area contributed by atoms with Gasteiger partial charge in [0.1, 0.15) is 0 Å². The number of carbonyl (C=O) groups is 2. The molecule has 0 aliphatic carbocycles. The number of hydrogen-bond donors (Lipinski definition) is 2. The Labute approximate surface area is 124 Å². The number of nitrogens with two attached hydrogens (primary N) is 1. The normalized spacial score (nSPS) is 22.0. The van der Waals surface area contributed by atoms with Crippen molar-refractivity contribution in [3.63, 3.8) is 0 Å². The lowest BCUT2D eigenvalue weighted by molar-refractivity contribution is -0.148. The van der Waals surface area contributed by atoms with Crippen LogP contribution in [0.2, 0.25) is 0 Å². The fraction of sp³-hybridized carbons (Fsp3) is 0.643. The first-order valence-electron chi connectivity index (χ1n) is 7.12. The molecule has 3 N–H and O–H groups in total. The highest BCUT2D eigenvalue weighted by Crippen LogP contribution is 2.32. The molecule has 0 radical (unpaired) electrons. The lowest BCUT2D eigenvalue weighted by Crippen LogP contribution is -2.66. The fourth-order valence-electron chi connectivity index (χ4n) is 2.72. The summed E-state index contributed by atoms with van der Waals surface area (Å²) in [5.74, 6) is -0.590. The molecule has 2 unspecified atom stereocenters. The van der Waals surface area contributed by atoms with Crippen LogP contribution < -0.4 is 11.1 Å². The van der Waals surface area contributed by atoms with Crippen molar-refractivity contribution in [2.24, 2.45) is 12.8 Å². The van der Waals surface area contributed by atoms with Crippen LogP contribution in [0.3, 0.4) is 0 Å². The molecule has 0 aromatic carbocycles. The predicted octanol–water partition coefficient (Wildman–Crippen LogP) is -0.0645. The van der Waals surface area contributed by atoms with E-state index in [1.807, 2.05) is 25.1 Å². The Bertz CT molecular complexity index is 551. The molecule has 1 aromatic rings. The van der Waals surface area contributed by atoms with Crippen molar-refractivity contribution in [1.29, 1.82) is 0 Å². The first-order valence-corrected chi connectivity index (χ1v) is 7.12. The van der Waals surface area contributed by atoms with Gasteiger partial charge in [0.25, 0.3) is 0 Å². The average molecular weight is 293 g/mol. The van der Waals surface area contributed by atoms with E-state index in [0.717, 1.165) is 12.0 Å². The summed E-state index contributed by atoms with van der Waals surface area (Å²) in [5, 5.41) is 6.57. The molecule has 1 aromatic heterocycles. The Balaban J connectivity index is 2.44. The first kappa shape index (κ1) is 15.7. The summed E-state index contributed by atoms with van der Waals surface area (Å²) in [5.41, 5.74) is 6.39. The standard InChI is InChI=1S/C14H23N5O2/c1-5-10(15)12(9-6-16-18(4)7-9)19-8-11(20)17-13(21)14(19,2)3/h6-7,10,12H,5,8,15H2,1-4H3,(H,17,20,21). The van der Waals surface area contributed by atoms with E-state index >= 15 is 0 Å². The van der Waals surface area contributed by atoms with Crippen LogP contribution in [0.25, 0.3) is 0 Å². The highest BCUT2D eigenvalue weighted by Gasteiger charge is 2.46. The molecule has 7 nitrogen and oxygen atoms in total. The molecule has 1 saturated heterocycles. The van der Waals surface area contributed by atoms with E-state index in [4.69, 9.17) is 5.73 Å². The number of imide groups is 1. The minimum absolute atomic E-state index is 0.145. The monoisotopic (exact) mass is 293 g/mol. The van der Waals surface area contributed by atoms with Gasteiger partial charge < -0.3 is 5.73 Å². The Hall–Kier alpha value is -1.73.